The Morgan fingerprint density at radius 1 is 0.944 bits per heavy atom. The fourth-order valence-electron chi connectivity index (χ4n) is 4.66. The predicted molar refractivity (Wildman–Crippen MR) is 147 cm³/mol. The van der Waals surface area contributed by atoms with E-state index in [9.17, 15) is 4.79 Å². The lowest BCUT2D eigenvalue weighted by Gasteiger charge is -2.30. The Morgan fingerprint density at radius 3 is 2.19 bits per heavy atom. The third-order valence-corrected chi connectivity index (χ3v) is 6.84. The van der Waals surface area contributed by atoms with Crippen LogP contribution in [0.5, 0.6) is 0 Å². The van der Waals surface area contributed by atoms with Gasteiger partial charge in [0.25, 0.3) is 0 Å². The van der Waals surface area contributed by atoms with Crippen molar-refractivity contribution < 1.29 is 9.53 Å². The highest BCUT2D eigenvalue weighted by Crippen LogP contribution is 2.22. The van der Waals surface area contributed by atoms with E-state index < -0.39 is 0 Å². The average Bonchev–Trinajstić information content (AvgIpc) is 3.15. The quantitative estimate of drug-likeness (QED) is 0.376. The third kappa shape index (κ3) is 7.49. The molecule has 2 atom stereocenters. The first-order valence-electron chi connectivity index (χ1n) is 12.9. The number of para-hydroxylation sites is 2. The van der Waals surface area contributed by atoms with E-state index in [-0.39, 0.29) is 12.1 Å². The van der Waals surface area contributed by atoms with E-state index in [4.69, 9.17) is 10.5 Å². The van der Waals surface area contributed by atoms with Gasteiger partial charge < -0.3 is 20.7 Å². The average molecular weight is 487 g/mol. The Morgan fingerprint density at radius 2 is 1.56 bits per heavy atom. The summed E-state index contributed by atoms with van der Waals surface area (Å²) in [6, 6.07) is 29.1. The number of rotatable bonds is 9. The third-order valence-electron chi connectivity index (χ3n) is 6.84. The summed E-state index contributed by atoms with van der Waals surface area (Å²) in [5.74, 6) is 0. The summed E-state index contributed by atoms with van der Waals surface area (Å²) in [6.07, 6.45) is 2.58. The monoisotopic (exact) mass is 486 g/mol. The minimum atomic E-state index is -0.221. The molecule has 0 saturated carbocycles. The summed E-state index contributed by atoms with van der Waals surface area (Å²) >= 11 is 0. The van der Waals surface area contributed by atoms with Gasteiger partial charge in [-0.25, -0.2) is 4.79 Å². The van der Waals surface area contributed by atoms with Gasteiger partial charge in [0, 0.05) is 38.3 Å². The smallest absolute Gasteiger partial charge is 0.409 e. The van der Waals surface area contributed by atoms with Crippen LogP contribution in [0.15, 0.2) is 84.9 Å². The van der Waals surface area contributed by atoms with E-state index in [0.717, 1.165) is 43.7 Å². The number of anilines is 2. The number of hydrogen-bond acceptors (Lipinski definition) is 5. The highest BCUT2D eigenvalue weighted by Gasteiger charge is 2.23. The number of nitrogen functional groups attached to an aromatic ring is 1. The maximum absolute atomic E-state index is 13.0. The number of nitrogens with two attached hydrogens (primary N) is 1. The van der Waals surface area contributed by atoms with Gasteiger partial charge in [-0.3, -0.25) is 4.90 Å². The van der Waals surface area contributed by atoms with E-state index in [1.807, 2.05) is 41.3 Å². The molecule has 2 unspecified atom stereocenters. The standard InChI is InChI=1S/C30H38N4O2/c1-24(34(21-25-11-4-2-5-12-25)22-26-13-6-3-7-14-26)23-36-30(35)33-19-10-15-27(18-20-33)32-29-17-9-8-16-28(29)31/h2-9,11-14,16-17,24,27,32H,10,15,18-23,31H2,1H3. The van der Waals surface area contributed by atoms with Gasteiger partial charge in [-0.1, -0.05) is 72.8 Å². The maximum Gasteiger partial charge on any atom is 0.409 e. The zero-order chi connectivity index (χ0) is 25.2. The zero-order valence-electron chi connectivity index (χ0n) is 21.2. The van der Waals surface area contributed by atoms with Gasteiger partial charge in [-0.15, -0.1) is 0 Å². The molecule has 0 aliphatic carbocycles. The van der Waals surface area contributed by atoms with Crippen molar-refractivity contribution in [2.24, 2.45) is 0 Å². The molecule has 0 spiro atoms. The first kappa shape index (κ1) is 25.6. The molecular weight excluding hydrogens is 448 g/mol. The number of amides is 1. The molecule has 3 aromatic carbocycles. The first-order chi connectivity index (χ1) is 17.6. The molecule has 1 fully saturated rings. The van der Waals surface area contributed by atoms with Crippen LogP contribution in [0.2, 0.25) is 0 Å². The summed E-state index contributed by atoms with van der Waals surface area (Å²) in [6.45, 7) is 5.48. The largest absolute Gasteiger partial charge is 0.448 e. The van der Waals surface area contributed by atoms with E-state index in [1.165, 1.54) is 11.1 Å². The van der Waals surface area contributed by atoms with Crippen LogP contribution in [0.1, 0.15) is 37.3 Å². The van der Waals surface area contributed by atoms with E-state index in [0.29, 0.717) is 25.7 Å². The van der Waals surface area contributed by atoms with Crippen molar-refractivity contribution >= 4 is 17.5 Å². The van der Waals surface area contributed by atoms with Gasteiger partial charge in [-0.05, 0) is 49.4 Å². The molecule has 36 heavy (non-hydrogen) atoms. The van der Waals surface area contributed by atoms with Crippen LogP contribution in [0.4, 0.5) is 16.2 Å². The Balaban J connectivity index is 1.30. The van der Waals surface area contributed by atoms with Gasteiger partial charge in [0.05, 0.1) is 11.4 Å². The molecule has 1 heterocycles. The van der Waals surface area contributed by atoms with Crippen molar-refractivity contribution in [2.75, 3.05) is 30.7 Å². The molecule has 3 aromatic rings. The minimum Gasteiger partial charge on any atom is -0.448 e. The van der Waals surface area contributed by atoms with Crippen LogP contribution < -0.4 is 11.1 Å². The summed E-state index contributed by atoms with van der Waals surface area (Å²) in [4.78, 5) is 17.2. The Labute approximate surface area is 215 Å². The fourth-order valence-corrected chi connectivity index (χ4v) is 4.66. The van der Waals surface area contributed by atoms with Crippen molar-refractivity contribution in [2.45, 2.75) is 51.4 Å². The normalized spacial score (nSPS) is 16.8. The molecule has 0 radical (unpaired) electrons. The molecule has 6 heteroatoms. The molecule has 1 aliphatic rings. The number of nitrogens with zero attached hydrogens (tertiary/aromatic N) is 2. The molecule has 1 amide bonds. The highest BCUT2D eigenvalue weighted by atomic mass is 16.6. The molecule has 1 saturated heterocycles. The number of ether oxygens (including phenoxy) is 1. The second-order valence-electron chi connectivity index (χ2n) is 9.65. The molecule has 4 rings (SSSR count). The number of carbonyl (C=O) groups excluding carboxylic acids is 1. The van der Waals surface area contributed by atoms with Crippen LogP contribution in [-0.4, -0.2) is 47.7 Å². The molecule has 3 N–H and O–H groups in total. The predicted octanol–water partition coefficient (Wildman–Crippen LogP) is 5.76. The van der Waals surface area contributed by atoms with Crippen molar-refractivity contribution in [3.8, 4) is 0 Å². The van der Waals surface area contributed by atoms with Crippen LogP contribution >= 0.6 is 0 Å². The highest BCUT2D eigenvalue weighted by molar-refractivity contribution is 5.68. The van der Waals surface area contributed by atoms with E-state index in [1.54, 1.807) is 0 Å². The van der Waals surface area contributed by atoms with Crippen LogP contribution in [0.3, 0.4) is 0 Å². The topological polar surface area (TPSA) is 70.8 Å². The van der Waals surface area contributed by atoms with Crippen molar-refractivity contribution in [3.05, 3.63) is 96.1 Å². The number of hydrogen-bond donors (Lipinski definition) is 2. The molecule has 1 aliphatic heterocycles. The summed E-state index contributed by atoms with van der Waals surface area (Å²) in [5, 5.41) is 3.55. The van der Waals surface area contributed by atoms with Crippen LogP contribution in [0.25, 0.3) is 0 Å². The summed E-state index contributed by atoms with van der Waals surface area (Å²) in [7, 11) is 0. The fraction of sp³-hybridized carbons (Fsp3) is 0.367. The van der Waals surface area contributed by atoms with Gasteiger partial charge >= 0.3 is 6.09 Å². The summed E-state index contributed by atoms with van der Waals surface area (Å²) < 4.78 is 5.83. The number of likely N-dealkylation sites (tertiary alicyclic amines) is 1. The Hall–Kier alpha value is -3.51. The number of benzene rings is 3. The first-order valence-corrected chi connectivity index (χ1v) is 12.9. The number of carbonyl (C=O) groups is 1. The Kier molecular flexibility index (Phi) is 9.22. The molecule has 6 nitrogen and oxygen atoms in total. The van der Waals surface area contributed by atoms with Crippen LogP contribution in [-0.2, 0) is 17.8 Å². The molecule has 0 aromatic heterocycles. The number of nitrogens with one attached hydrogen (secondary N) is 1. The van der Waals surface area contributed by atoms with Gasteiger partial charge in [0.15, 0.2) is 0 Å². The SMILES string of the molecule is CC(COC(=O)N1CCCC(Nc2ccccc2N)CC1)N(Cc1ccccc1)Cc1ccccc1. The van der Waals surface area contributed by atoms with Gasteiger partial charge in [-0.2, -0.15) is 0 Å². The van der Waals surface area contributed by atoms with Crippen molar-refractivity contribution in [1.82, 2.24) is 9.80 Å². The Bertz CT molecular complexity index is 1040. The minimum absolute atomic E-state index is 0.0804. The second kappa shape index (κ2) is 13.0. The molecular formula is C30H38N4O2. The van der Waals surface area contributed by atoms with Gasteiger partial charge in [0.1, 0.15) is 6.61 Å². The summed E-state index contributed by atoms with van der Waals surface area (Å²) in [5.41, 5.74) is 10.3. The lowest BCUT2D eigenvalue weighted by Crippen LogP contribution is -2.39. The van der Waals surface area contributed by atoms with E-state index in [2.05, 4.69) is 65.7 Å². The van der Waals surface area contributed by atoms with Crippen molar-refractivity contribution in [3.63, 3.8) is 0 Å². The maximum atomic E-state index is 13.0. The lowest BCUT2D eigenvalue weighted by molar-refractivity contribution is 0.0648. The van der Waals surface area contributed by atoms with Crippen LogP contribution in [0, 0.1) is 0 Å². The van der Waals surface area contributed by atoms with Crippen molar-refractivity contribution in [1.29, 1.82) is 0 Å². The second-order valence-corrected chi connectivity index (χ2v) is 9.65. The lowest BCUT2D eigenvalue weighted by atomic mass is 10.1. The van der Waals surface area contributed by atoms with E-state index >= 15 is 0 Å². The zero-order valence-corrected chi connectivity index (χ0v) is 21.2. The molecule has 0 bridgehead atoms. The van der Waals surface area contributed by atoms with Gasteiger partial charge in [0.2, 0.25) is 0 Å². The molecule has 190 valence electrons.